The van der Waals surface area contributed by atoms with Crippen molar-refractivity contribution in [2.45, 2.75) is 10.6 Å². The van der Waals surface area contributed by atoms with Crippen LogP contribution in [0.15, 0.2) is 78.2 Å². The van der Waals surface area contributed by atoms with Gasteiger partial charge in [-0.3, -0.25) is 0 Å². The fourth-order valence-corrected chi connectivity index (χ4v) is 4.75. The maximum Gasteiger partial charge on any atom is 0.136 e. The first kappa shape index (κ1) is 21.1. The van der Waals surface area contributed by atoms with Gasteiger partial charge in [0.2, 0.25) is 0 Å². The summed E-state index contributed by atoms with van der Waals surface area (Å²) in [5.41, 5.74) is 4.53. The molecule has 0 atom stereocenters. The lowest BCUT2D eigenvalue weighted by Gasteiger charge is -2.11. The Morgan fingerprint density at radius 1 is 1.03 bits per heavy atom. The quantitative estimate of drug-likeness (QED) is 0.308. The standard InChI is InChI=1S/C25H21FN4O2S/c1-31-22-4-3-5-23(32-2)25(22)33-14-24-28-19-12-18(16-6-8-17(26)9-7-16)21(13-20(19)29-24)30-11-10-27-15-30/h3-13,15H,14H2,1-2H3,(H,28,29). The average molecular weight is 461 g/mol. The summed E-state index contributed by atoms with van der Waals surface area (Å²) in [4.78, 5) is 13.3. The lowest BCUT2D eigenvalue weighted by Crippen LogP contribution is -1.95. The highest BCUT2D eigenvalue weighted by Gasteiger charge is 2.15. The minimum Gasteiger partial charge on any atom is -0.495 e. The summed E-state index contributed by atoms with van der Waals surface area (Å²) in [7, 11) is 3.29. The molecule has 0 spiro atoms. The number of methoxy groups -OCH3 is 2. The second-order valence-corrected chi connectivity index (χ2v) is 8.31. The Balaban J connectivity index is 1.53. The molecule has 0 saturated carbocycles. The Hall–Kier alpha value is -3.78. The first-order valence-electron chi connectivity index (χ1n) is 10.3. The van der Waals surface area contributed by atoms with E-state index in [2.05, 4.69) is 9.97 Å². The van der Waals surface area contributed by atoms with Gasteiger partial charge in [0.05, 0.1) is 47.9 Å². The molecule has 5 aromatic rings. The summed E-state index contributed by atoms with van der Waals surface area (Å²) in [5, 5.41) is 0. The smallest absolute Gasteiger partial charge is 0.136 e. The molecule has 0 amide bonds. The number of halogens is 1. The highest BCUT2D eigenvalue weighted by atomic mass is 32.2. The van der Waals surface area contributed by atoms with Crippen LogP contribution in [0.4, 0.5) is 4.39 Å². The number of hydrogen-bond donors (Lipinski definition) is 1. The van der Waals surface area contributed by atoms with Crippen molar-refractivity contribution in [3.05, 3.63) is 85.0 Å². The molecule has 2 aromatic heterocycles. The number of rotatable bonds is 7. The Bertz CT molecular complexity index is 1380. The van der Waals surface area contributed by atoms with Crippen molar-refractivity contribution in [2.24, 2.45) is 0 Å². The second-order valence-electron chi connectivity index (χ2n) is 7.33. The van der Waals surface area contributed by atoms with E-state index in [4.69, 9.17) is 14.5 Å². The second kappa shape index (κ2) is 8.99. The van der Waals surface area contributed by atoms with Crippen molar-refractivity contribution in [3.8, 4) is 28.3 Å². The molecule has 1 N–H and O–H groups in total. The lowest BCUT2D eigenvalue weighted by molar-refractivity contribution is 0.376. The number of H-pyrrole nitrogens is 1. The van der Waals surface area contributed by atoms with Crippen LogP contribution in [-0.2, 0) is 5.75 Å². The Kier molecular flexibility index (Phi) is 5.75. The molecule has 0 bridgehead atoms. The zero-order chi connectivity index (χ0) is 22.8. The third kappa shape index (κ3) is 4.17. The highest BCUT2D eigenvalue weighted by Crippen LogP contribution is 2.39. The molecule has 0 unspecified atom stereocenters. The van der Waals surface area contributed by atoms with Crippen molar-refractivity contribution in [2.75, 3.05) is 14.2 Å². The number of aromatic amines is 1. The maximum atomic E-state index is 13.5. The summed E-state index contributed by atoms with van der Waals surface area (Å²) in [6, 6.07) is 16.3. The molecule has 166 valence electrons. The summed E-state index contributed by atoms with van der Waals surface area (Å²) in [6.45, 7) is 0. The van der Waals surface area contributed by atoms with Crippen LogP contribution in [0.25, 0.3) is 27.8 Å². The number of ether oxygens (including phenoxy) is 2. The summed E-state index contributed by atoms with van der Waals surface area (Å²) < 4.78 is 26.4. The molecular weight excluding hydrogens is 439 g/mol. The Labute approximate surface area is 194 Å². The molecule has 5 rings (SSSR count). The van der Waals surface area contributed by atoms with Gasteiger partial charge in [-0.25, -0.2) is 14.4 Å². The molecule has 0 aliphatic rings. The van der Waals surface area contributed by atoms with Gasteiger partial charge in [-0.15, -0.1) is 11.8 Å². The number of nitrogens with one attached hydrogen (secondary N) is 1. The van der Waals surface area contributed by atoms with Gasteiger partial charge < -0.3 is 19.0 Å². The molecular formula is C25H21FN4O2S. The van der Waals surface area contributed by atoms with Crippen LogP contribution >= 0.6 is 11.8 Å². The molecule has 8 heteroatoms. The number of thioether (sulfide) groups is 1. The highest BCUT2D eigenvalue weighted by molar-refractivity contribution is 7.98. The average Bonchev–Trinajstić information content (AvgIpc) is 3.51. The van der Waals surface area contributed by atoms with E-state index >= 15 is 0 Å². The zero-order valence-electron chi connectivity index (χ0n) is 18.1. The fourth-order valence-electron chi connectivity index (χ4n) is 3.74. The number of aromatic nitrogens is 4. The SMILES string of the molecule is COc1cccc(OC)c1SCc1nc2cc(-n3ccnc3)c(-c3ccc(F)cc3)cc2[nH]1. The number of imidazole rings is 2. The fraction of sp³-hybridized carbons (Fsp3) is 0.120. The third-order valence-electron chi connectivity index (χ3n) is 5.32. The minimum atomic E-state index is -0.267. The van der Waals surface area contributed by atoms with Crippen molar-refractivity contribution in [1.29, 1.82) is 0 Å². The molecule has 0 saturated heterocycles. The molecule has 2 heterocycles. The van der Waals surface area contributed by atoms with E-state index in [1.54, 1.807) is 50.6 Å². The Morgan fingerprint density at radius 3 is 2.45 bits per heavy atom. The monoisotopic (exact) mass is 460 g/mol. The maximum absolute atomic E-state index is 13.5. The van der Waals surface area contributed by atoms with Crippen LogP contribution in [0.2, 0.25) is 0 Å². The minimum absolute atomic E-state index is 0.267. The van der Waals surface area contributed by atoms with Crippen molar-refractivity contribution in [3.63, 3.8) is 0 Å². The van der Waals surface area contributed by atoms with E-state index < -0.39 is 0 Å². The molecule has 33 heavy (non-hydrogen) atoms. The van der Waals surface area contributed by atoms with Crippen LogP contribution in [-0.4, -0.2) is 33.7 Å². The van der Waals surface area contributed by atoms with Crippen molar-refractivity contribution in [1.82, 2.24) is 19.5 Å². The summed E-state index contributed by atoms with van der Waals surface area (Å²) >= 11 is 1.59. The van der Waals surface area contributed by atoms with Gasteiger partial charge >= 0.3 is 0 Å². The predicted molar refractivity (Wildman–Crippen MR) is 128 cm³/mol. The molecule has 0 radical (unpaired) electrons. The molecule has 3 aromatic carbocycles. The zero-order valence-corrected chi connectivity index (χ0v) is 18.9. The third-order valence-corrected chi connectivity index (χ3v) is 6.43. The number of hydrogen-bond acceptors (Lipinski definition) is 5. The van der Waals surface area contributed by atoms with E-state index in [0.29, 0.717) is 5.75 Å². The first-order valence-corrected chi connectivity index (χ1v) is 11.3. The van der Waals surface area contributed by atoms with E-state index in [9.17, 15) is 4.39 Å². The van der Waals surface area contributed by atoms with E-state index in [-0.39, 0.29) is 5.82 Å². The van der Waals surface area contributed by atoms with Gasteiger partial charge in [-0.2, -0.15) is 0 Å². The normalized spacial score (nSPS) is 11.1. The molecule has 0 aliphatic carbocycles. The van der Waals surface area contributed by atoms with Crippen LogP contribution in [0.3, 0.4) is 0 Å². The van der Waals surface area contributed by atoms with E-state index in [1.807, 2.05) is 41.1 Å². The molecule has 0 fully saturated rings. The number of fused-ring (bicyclic) bond motifs is 1. The van der Waals surface area contributed by atoms with Gasteiger partial charge in [-0.05, 0) is 42.0 Å². The van der Waals surface area contributed by atoms with Crippen LogP contribution < -0.4 is 9.47 Å². The number of nitrogens with zero attached hydrogens (tertiary/aromatic N) is 3. The summed E-state index contributed by atoms with van der Waals surface area (Å²) in [5.74, 6) is 2.69. The van der Waals surface area contributed by atoms with Gasteiger partial charge in [0.15, 0.2) is 0 Å². The van der Waals surface area contributed by atoms with Gasteiger partial charge in [0.25, 0.3) is 0 Å². The van der Waals surface area contributed by atoms with Crippen molar-refractivity contribution < 1.29 is 13.9 Å². The van der Waals surface area contributed by atoms with E-state index in [0.717, 1.165) is 50.1 Å². The van der Waals surface area contributed by atoms with Crippen LogP contribution in [0, 0.1) is 5.82 Å². The van der Waals surface area contributed by atoms with Gasteiger partial charge in [0, 0.05) is 18.0 Å². The van der Waals surface area contributed by atoms with Gasteiger partial charge in [0.1, 0.15) is 23.1 Å². The van der Waals surface area contributed by atoms with Crippen LogP contribution in [0.5, 0.6) is 11.5 Å². The Morgan fingerprint density at radius 2 is 1.79 bits per heavy atom. The number of benzene rings is 3. The molecule has 0 aliphatic heterocycles. The summed E-state index contributed by atoms with van der Waals surface area (Å²) in [6.07, 6.45) is 5.35. The topological polar surface area (TPSA) is 65.0 Å². The predicted octanol–water partition coefficient (Wildman–Crippen LogP) is 5.86. The first-order chi connectivity index (χ1) is 16.2. The molecule has 6 nitrogen and oxygen atoms in total. The van der Waals surface area contributed by atoms with Crippen molar-refractivity contribution >= 4 is 22.8 Å². The largest absolute Gasteiger partial charge is 0.495 e. The van der Waals surface area contributed by atoms with Crippen LogP contribution in [0.1, 0.15) is 5.82 Å². The van der Waals surface area contributed by atoms with E-state index in [1.165, 1.54) is 12.1 Å². The lowest BCUT2D eigenvalue weighted by atomic mass is 10.0. The van der Waals surface area contributed by atoms with Gasteiger partial charge in [-0.1, -0.05) is 18.2 Å².